The predicted octanol–water partition coefficient (Wildman–Crippen LogP) is 1.47. The first-order valence-electron chi connectivity index (χ1n) is 7.56. The number of likely N-dealkylation sites (N-methyl/N-ethyl adjacent to an activating group) is 1. The second kappa shape index (κ2) is 7.25. The third kappa shape index (κ3) is 4.77. The lowest BCUT2D eigenvalue weighted by Gasteiger charge is -2.26. The van der Waals surface area contributed by atoms with Gasteiger partial charge in [0.05, 0.1) is 6.04 Å². The molecule has 1 aliphatic heterocycles. The molecule has 0 bridgehead atoms. The Kier molecular flexibility index (Phi) is 6.27. The smallest absolute Gasteiger partial charge is 0.236 e. The minimum Gasteiger partial charge on any atom is -0.358 e. The van der Waals surface area contributed by atoms with E-state index in [-0.39, 0.29) is 11.9 Å². The molecule has 3 atom stereocenters. The van der Waals surface area contributed by atoms with Crippen molar-refractivity contribution in [2.75, 3.05) is 20.1 Å². The fourth-order valence-electron chi connectivity index (χ4n) is 2.80. The van der Waals surface area contributed by atoms with Gasteiger partial charge in [-0.05, 0) is 32.1 Å². The second-order valence-electron chi connectivity index (χ2n) is 6.59. The number of carbonyl (C=O) groups excluding carboxylic acids is 1. The van der Waals surface area contributed by atoms with Crippen LogP contribution >= 0.6 is 0 Å². The molecular formula is C15H31N3O. The molecule has 112 valence electrons. The number of hydrogen-bond donors (Lipinski definition) is 2. The van der Waals surface area contributed by atoms with Crippen molar-refractivity contribution in [2.24, 2.45) is 11.8 Å². The van der Waals surface area contributed by atoms with Gasteiger partial charge in [-0.2, -0.15) is 0 Å². The minimum absolute atomic E-state index is 0.0652. The molecule has 1 fully saturated rings. The van der Waals surface area contributed by atoms with Gasteiger partial charge in [-0.3, -0.25) is 9.69 Å². The molecule has 1 rings (SSSR count). The molecule has 19 heavy (non-hydrogen) atoms. The van der Waals surface area contributed by atoms with Crippen LogP contribution < -0.4 is 10.6 Å². The van der Waals surface area contributed by atoms with Crippen LogP contribution in [-0.2, 0) is 4.79 Å². The highest BCUT2D eigenvalue weighted by Gasteiger charge is 2.33. The monoisotopic (exact) mass is 269 g/mol. The van der Waals surface area contributed by atoms with E-state index >= 15 is 0 Å². The standard InChI is InChI=1S/C15H31N3O/c1-10(2)7-13(15(19)16-6)17-14-9-18(11(3)4)8-12(14)5/h10-14,17H,7-9H2,1-6H3,(H,16,19)/t12-,13-,14+/m0/s1. The van der Waals surface area contributed by atoms with Crippen molar-refractivity contribution in [1.29, 1.82) is 0 Å². The average molecular weight is 269 g/mol. The summed E-state index contributed by atoms with van der Waals surface area (Å²) in [6.07, 6.45) is 0.893. The maximum Gasteiger partial charge on any atom is 0.236 e. The number of likely N-dealkylation sites (tertiary alicyclic amines) is 1. The minimum atomic E-state index is -0.0652. The summed E-state index contributed by atoms with van der Waals surface area (Å²) in [4.78, 5) is 14.5. The number of carbonyl (C=O) groups is 1. The zero-order valence-electron chi connectivity index (χ0n) is 13.4. The van der Waals surface area contributed by atoms with Crippen molar-refractivity contribution < 1.29 is 4.79 Å². The highest BCUT2D eigenvalue weighted by Crippen LogP contribution is 2.20. The summed E-state index contributed by atoms with van der Waals surface area (Å²) in [7, 11) is 1.72. The van der Waals surface area contributed by atoms with E-state index in [1.165, 1.54) is 0 Å². The summed E-state index contributed by atoms with van der Waals surface area (Å²) in [5.41, 5.74) is 0. The number of hydrogen-bond acceptors (Lipinski definition) is 3. The van der Waals surface area contributed by atoms with Gasteiger partial charge in [0.15, 0.2) is 0 Å². The summed E-state index contributed by atoms with van der Waals surface area (Å²) >= 11 is 0. The molecule has 1 aliphatic rings. The van der Waals surface area contributed by atoms with E-state index in [2.05, 4.69) is 50.2 Å². The molecule has 1 heterocycles. The van der Waals surface area contributed by atoms with Crippen LogP contribution in [0.4, 0.5) is 0 Å². The Morgan fingerprint density at radius 1 is 1.26 bits per heavy atom. The first-order chi connectivity index (χ1) is 8.85. The van der Waals surface area contributed by atoms with Crippen LogP contribution in [0.15, 0.2) is 0 Å². The van der Waals surface area contributed by atoms with Crippen molar-refractivity contribution in [3.05, 3.63) is 0 Å². The quantitative estimate of drug-likeness (QED) is 0.767. The van der Waals surface area contributed by atoms with Crippen molar-refractivity contribution in [1.82, 2.24) is 15.5 Å². The van der Waals surface area contributed by atoms with Gasteiger partial charge in [0.1, 0.15) is 0 Å². The molecular weight excluding hydrogens is 238 g/mol. The Bertz CT molecular complexity index is 291. The van der Waals surface area contributed by atoms with Crippen molar-refractivity contribution >= 4 is 5.91 Å². The van der Waals surface area contributed by atoms with Crippen LogP contribution in [0.25, 0.3) is 0 Å². The van der Waals surface area contributed by atoms with Crippen molar-refractivity contribution in [3.63, 3.8) is 0 Å². The summed E-state index contributed by atoms with van der Waals surface area (Å²) in [5, 5.41) is 6.36. The van der Waals surface area contributed by atoms with E-state index in [1.54, 1.807) is 7.05 Å². The van der Waals surface area contributed by atoms with Gasteiger partial charge in [0.25, 0.3) is 0 Å². The largest absolute Gasteiger partial charge is 0.358 e. The summed E-state index contributed by atoms with van der Waals surface area (Å²) in [6.45, 7) is 13.2. The van der Waals surface area contributed by atoms with Crippen molar-refractivity contribution in [2.45, 2.75) is 59.2 Å². The average Bonchev–Trinajstić information content (AvgIpc) is 2.69. The molecule has 2 N–H and O–H groups in total. The molecule has 0 aromatic carbocycles. The van der Waals surface area contributed by atoms with Gasteiger partial charge in [0.2, 0.25) is 5.91 Å². The first-order valence-corrected chi connectivity index (χ1v) is 7.56. The maximum absolute atomic E-state index is 12.0. The van der Waals surface area contributed by atoms with Crippen LogP contribution in [-0.4, -0.2) is 49.1 Å². The highest BCUT2D eigenvalue weighted by molar-refractivity contribution is 5.81. The Morgan fingerprint density at radius 2 is 1.89 bits per heavy atom. The fourth-order valence-corrected chi connectivity index (χ4v) is 2.80. The lowest BCUT2D eigenvalue weighted by atomic mass is 9.99. The molecule has 1 amide bonds. The van der Waals surface area contributed by atoms with Gasteiger partial charge in [-0.25, -0.2) is 0 Å². The first kappa shape index (κ1) is 16.4. The highest BCUT2D eigenvalue weighted by atomic mass is 16.2. The van der Waals surface area contributed by atoms with Gasteiger partial charge in [-0.1, -0.05) is 20.8 Å². The Balaban J connectivity index is 2.61. The van der Waals surface area contributed by atoms with E-state index in [0.717, 1.165) is 19.5 Å². The molecule has 0 saturated carbocycles. The Labute approximate surface area is 118 Å². The Hall–Kier alpha value is -0.610. The van der Waals surface area contributed by atoms with Crippen LogP contribution in [0.1, 0.15) is 41.0 Å². The molecule has 0 aromatic heterocycles. The lowest BCUT2D eigenvalue weighted by molar-refractivity contribution is -0.123. The lowest BCUT2D eigenvalue weighted by Crippen LogP contribution is -2.50. The van der Waals surface area contributed by atoms with E-state index in [1.807, 2.05) is 0 Å². The van der Waals surface area contributed by atoms with Crippen LogP contribution in [0.5, 0.6) is 0 Å². The summed E-state index contributed by atoms with van der Waals surface area (Å²) in [5.74, 6) is 1.23. The molecule has 4 nitrogen and oxygen atoms in total. The summed E-state index contributed by atoms with van der Waals surface area (Å²) < 4.78 is 0. The Morgan fingerprint density at radius 3 is 2.32 bits per heavy atom. The van der Waals surface area contributed by atoms with E-state index < -0.39 is 0 Å². The molecule has 0 radical (unpaired) electrons. The van der Waals surface area contributed by atoms with Gasteiger partial charge in [-0.15, -0.1) is 0 Å². The molecule has 1 saturated heterocycles. The number of rotatable bonds is 6. The van der Waals surface area contributed by atoms with Crippen LogP contribution in [0, 0.1) is 11.8 Å². The predicted molar refractivity (Wildman–Crippen MR) is 80.1 cm³/mol. The number of nitrogens with zero attached hydrogens (tertiary/aromatic N) is 1. The molecule has 0 aliphatic carbocycles. The SMILES string of the molecule is CNC(=O)[C@H](CC(C)C)N[C@@H]1CN(C(C)C)C[C@@H]1C. The van der Waals surface area contributed by atoms with Gasteiger partial charge < -0.3 is 10.6 Å². The fraction of sp³-hybridized carbons (Fsp3) is 0.933. The zero-order chi connectivity index (χ0) is 14.6. The molecule has 0 aromatic rings. The van der Waals surface area contributed by atoms with Crippen molar-refractivity contribution in [3.8, 4) is 0 Å². The maximum atomic E-state index is 12.0. The normalized spacial score (nSPS) is 26.1. The van der Waals surface area contributed by atoms with E-state index in [4.69, 9.17) is 0 Å². The summed E-state index contributed by atoms with van der Waals surface area (Å²) in [6, 6.07) is 0.936. The third-order valence-corrected chi connectivity index (χ3v) is 4.06. The zero-order valence-corrected chi connectivity index (χ0v) is 13.4. The van der Waals surface area contributed by atoms with E-state index in [9.17, 15) is 4.79 Å². The van der Waals surface area contributed by atoms with E-state index in [0.29, 0.717) is 23.9 Å². The number of amides is 1. The molecule has 0 unspecified atom stereocenters. The number of nitrogens with one attached hydrogen (secondary N) is 2. The van der Waals surface area contributed by atoms with Gasteiger partial charge >= 0.3 is 0 Å². The van der Waals surface area contributed by atoms with Gasteiger partial charge in [0, 0.05) is 32.2 Å². The second-order valence-corrected chi connectivity index (χ2v) is 6.59. The third-order valence-electron chi connectivity index (χ3n) is 4.06. The van der Waals surface area contributed by atoms with Crippen LogP contribution in [0.3, 0.4) is 0 Å². The topological polar surface area (TPSA) is 44.4 Å². The molecule has 0 spiro atoms. The van der Waals surface area contributed by atoms with Crippen LogP contribution in [0.2, 0.25) is 0 Å². The molecule has 4 heteroatoms.